The predicted octanol–water partition coefficient (Wildman–Crippen LogP) is 12.8. The molecule has 58 heavy (non-hydrogen) atoms. The zero-order valence-corrected chi connectivity index (χ0v) is 31.7. The molecule has 3 aromatic heterocycles. The van der Waals surface area contributed by atoms with E-state index >= 15 is 0 Å². The molecule has 0 amide bonds. The fourth-order valence-electron chi connectivity index (χ4n) is 8.72. The average molecular weight is 744 g/mol. The molecule has 0 aliphatic heterocycles. The molecule has 0 unspecified atom stereocenters. The highest BCUT2D eigenvalue weighted by Gasteiger charge is 2.37. The fourth-order valence-corrected chi connectivity index (χ4v) is 8.72. The zero-order valence-electron chi connectivity index (χ0n) is 31.7. The monoisotopic (exact) mass is 743 g/mol. The summed E-state index contributed by atoms with van der Waals surface area (Å²) < 4.78 is 6.30. The predicted molar refractivity (Wildman–Crippen MR) is 232 cm³/mol. The van der Waals surface area contributed by atoms with Crippen LogP contribution in [0.4, 0.5) is 0 Å². The molecule has 1 aliphatic rings. The lowest BCUT2D eigenvalue weighted by molar-refractivity contribution is 0.661. The molecule has 6 heteroatoms. The van der Waals surface area contributed by atoms with Gasteiger partial charge in [0.15, 0.2) is 17.5 Å². The molecule has 7 aromatic carbocycles. The SMILES string of the molecule is CC1(C)c2cc(C#N)ccc2-c2c1cc(-c1cc(-c3cccnc3)cc(-c3nc(-c4ccccc4)nc(-c4ccc5c(c4)oc4ccccc45)n3)c1)c1ccccc21. The fraction of sp³-hybridized carbons (Fsp3) is 0.0577. The van der Waals surface area contributed by atoms with Gasteiger partial charge in [-0.2, -0.15) is 5.26 Å². The summed E-state index contributed by atoms with van der Waals surface area (Å²) in [5, 5.41) is 14.3. The van der Waals surface area contributed by atoms with Crippen molar-refractivity contribution < 1.29 is 4.42 Å². The van der Waals surface area contributed by atoms with Crippen LogP contribution in [-0.2, 0) is 5.41 Å². The van der Waals surface area contributed by atoms with E-state index in [-0.39, 0.29) is 5.41 Å². The van der Waals surface area contributed by atoms with E-state index < -0.39 is 0 Å². The van der Waals surface area contributed by atoms with E-state index in [0.717, 1.165) is 66.3 Å². The number of hydrogen-bond acceptors (Lipinski definition) is 6. The Morgan fingerprint density at radius 1 is 0.483 bits per heavy atom. The topological polar surface area (TPSA) is 88.5 Å². The van der Waals surface area contributed by atoms with Crippen LogP contribution in [0, 0.1) is 11.3 Å². The van der Waals surface area contributed by atoms with Gasteiger partial charge in [0.2, 0.25) is 0 Å². The normalized spacial score (nSPS) is 12.8. The minimum Gasteiger partial charge on any atom is -0.456 e. The highest BCUT2D eigenvalue weighted by Crippen LogP contribution is 2.53. The lowest BCUT2D eigenvalue weighted by atomic mass is 9.80. The van der Waals surface area contributed by atoms with Crippen LogP contribution in [0.15, 0.2) is 168 Å². The molecular weight excluding hydrogens is 711 g/mol. The number of nitrogens with zero attached hydrogens (tertiary/aromatic N) is 5. The first-order valence-electron chi connectivity index (χ1n) is 19.3. The van der Waals surface area contributed by atoms with Crippen LogP contribution in [0.3, 0.4) is 0 Å². The van der Waals surface area contributed by atoms with Crippen LogP contribution in [0.2, 0.25) is 0 Å². The number of benzene rings is 7. The molecule has 0 bridgehead atoms. The first-order valence-corrected chi connectivity index (χ1v) is 19.3. The van der Waals surface area contributed by atoms with Gasteiger partial charge < -0.3 is 4.42 Å². The Morgan fingerprint density at radius 3 is 1.95 bits per heavy atom. The Bertz CT molecular complexity index is 3320. The van der Waals surface area contributed by atoms with Crippen LogP contribution < -0.4 is 0 Å². The van der Waals surface area contributed by atoms with Crippen molar-refractivity contribution in [2.45, 2.75) is 19.3 Å². The second kappa shape index (κ2) is 12.9. The van der Waals surface area contributed by atoms with Crippen LogP contribution in [0.1, 0.15) is 30.5 Å². The molecular formula is C52H33N5O. The highest BCUT2D eigenvalue weighted by molar-refractivity contribution is 6.10. The number of furan rings is 1. The van der Waals surface area contributed by atoms with Gasteiger partial charge in [-0.25, -0.2) is 15.0 Å². The molecule has 0 saturated heterocycles. The van der Waals surface area contributed by atoms with Gasteiger partial charge in [-0.05, 0) is 110 Å². The van der Waals surface area contributed by atoms with Crippen LogP contribution in [0.5, 0.6) is 0 Å². The third-order valence-electron chi connectivity index (χ3n) is 11.6. The number of rotatable bonds is 5. The molecule has 10 aromatic rings. The van der Waals surface area contributed by atoms with Gasteiger partial charge in [0, 0.05) is 50.8 Å². The number of pyridine rings is 1. The zero-order chi connectivity index (χ0) is 39.0. The summed E-state index contributed by atoms with van der Waals surface area (Å²) >= 11 is 0. The number of nitriles is 1. The van der Waals surface area contributed by atoms with Crippen molar-refractivity contribution in [1.29, 1.82) is 5.26 Å². The molecule has 272 valence electrons. The molecule has 11 rings (SSSR count). The molecule has 0 fully saturated rings. The minimum absolute atomic E-state index is 0.325. The van der Waals surface area contributed by atoms with Crippen molar-refractivity contribution >= 4 is 32.7 Å². The summed E-state index contributed by atoms with van der Waals surface area (Å²) in [6, 6.07) is 54.4. The highest BCUT2D eigenvalue weighted by atomic mass is 16.3. The molecule has 0 saturated carbocycles. The molecule has 0 N–H and O–H groups in total. The smallest absolute Gasteiger partial charge is 0.164 e. The number of aromatic nitrogens is 4. The second-order valence-electron chi connectivity index (χ2n) is 15.4. The largest absolute Gasteiger partial charge is 0.456 e. The first kappa shape index (κ1) is 33.6. The van der Waals surface area contributed by atoms with Gasteiger partial charge in [0.25, 0.3) is 0 Å². The Balaban J connectivity index is 1.15. The maximum Gasteiger partial charge on any atom is 0.164 e. The maximum absolute atomic E-state index is 9.82. The van der Waals surface area contributed by atoms with Gasteiger partial charge in [0.1, 0.15) is 11.2 Å². The van der Waals surface area contributed by atoms with Crippen molar-refractivity contribution in [2.75, 3.05) is 0 Å². The third-order valence-corrected chi connectivity index (χ3v) is 11.6. The second-order valence-corrected chi connectivity index (χ2v) is 15.4. The van der Waals surface area contributed by atoms with Gasteiger partial charge >= 0.3 is 0 Å². The summed E-state index contributed by atoms with van der Waals surface area (Å²) in [6.07, 6.45) is 3.69. The summed E-state index contributed by atoms with van der Waals surface area (Å²) in [5.74, 6) is 1.69. The number of hydrogen-bond donors (Lipinski definition) is 0. The first-order chi connectivity index (χ1) is 28.4. The molecule has 1 aliphatic carbocycles. The summed E-state index contributed by atoms with van der Waals surface area (Å²) in [5.41, 5.74) is 13.5. The molecule has 0 atom stereocenters. The average Bonchev–Trinajstić information content (AvgIpc) is 3.77. The van der Waals surface area contributed by atoms with Crippen molar-refractivity contribution in [3.05, 3.63) is 181 Å². The van der Waals surface area contributed by atoms with E-state index in [1.54, 1.807) is 6.20 Å². The molecule has 6 nitrogen and oxygen atoms in total. The van der Waals surface area contributed by atoms with Crippen molar-refractivity contribution in [1.82, 2.24) is 19.9 Å². The summed E-state index contributed by atoms with van der Waals surface area (Å²) in [6.45, 7) is 4.52. The van der Waals surface area contributed by atoms with Crippen LogP contribution in [0.25, 0.3) is 100 Å². The summed E-state index contributed by atoms with van der Waals surface area (Å²) in [4.78, 5) is 19.9. The van der Waals surface area contributed by atoms with E-state index in [1.807, 2.05) is 72.9 Å². The van der Waals surface area contributed by atoms with E-state index in [9.17, 15) is 5.26 Å². The molecule has 0 spiro atoms. The Morgan fingerprint density at radius 2 is 1.16 bits per heavy atom. The van der Waals surface area contributed by atoms with Gasteiger partial charge in [0.05, 0.1) is 11.6 Å². The van der Waals surface area contributed by atoms with Crippen molar-refractivity contribution in [3.8, 4) is 73.6 Å². The van der Waals surface area contributed by atoms with E-state index in [4.69, 9.17) is 19.4 Å². The standard InChI is InChI=1S/C52H33N5O/c1-52(2)44-23-31(29-53)18-20-42(44)48-41-16-7-6-14-38(41)43(28-45(48)52)36-24-35(34-13-10-22-54-30-34)25-37(26-36)51-56-49(32-11-4-3-5-12-32)55-50(57-51)33-19-21-40-39-15-8-9-17-46(39)58-47(40)27-33/h3-28,30H,1-2H3. The molecule has 3 heterocycles. The lowest BCUT2D eigenvalue weighted by Crippen LogP contribution is -2.15. The Hall–Kier alpha value is -7.75. The quantitative estimate of drug-likeness (QED) is 0.174. The van der Waals surface area contributed by atoms with E-state index in [0.29, 0.717) is 23.0 Å². The van der Waals surface area contributed by atoms with E-state index in [1.165, 1.54) is 27.6 Å². The Labute approximate surface area is 334 Å². The van der Waals surface area contributed by atoms with Gasteiger partial charge in [-0.1, -0.05) is 105 Å². The number of fused-ring (bicyclic) bond motifs is 8. The third kappa shape index (κ3) is 5.32. The van der Waals surface area contributed by atoms with Crippen molar-refractivity contribution in [2.24, 2.45) is 0 Å². The van der Waals surface area contributed by atoms with Crippen LogP contribution in [-0.4, -0.2) is 19.9 Å². The van der Waals surface area contributed by atoms with E-state index in [2.05, 4.69) is 110 Å². The van der Waals surface area contributed by atoms with Gasteiger partial charge in [-0.3, -0.25) is 4.98 Å². The maximum atomic E-state index is 9.82. The van der Waals surface area contributed by atoms with Crippen LogP contribution >= 0.6 is 0 Å². The number of para-hydroxylation sites is 1. The van der Waals surface area contributed by atoms with Crippen molar-refractivity contribution in [3.63, 3.8) is 0 Å². The lowest BCUT2D eigenvalue weighted by Gasteiger charge is -2.23. The minimum atomic E-state index is -0.325. The van der Waals surface area contributed by atoms with Gasteiger partial charge in [-0.15, -0.1) is 0 Å². The Kier molecular flexibility index (Phi) is 7.47. The molecule has 0 radical (unpaired) electrons. The summed E-state index contributed by atoms with van der Waals surface area (Å²) in [7, 11) is 0.